The molecule has 1 atom stereocenters. The standard InChI is InChI=1S/C13H13F2NO3/c1-6(2)11(17)5-16-12(18)7-3-9(14)10(15)4-8(7)13(16)19/h3-4,6,11,17H,5H2,1-2H3. The molecule has 2 amide bonds. The number of β-amino-alcohol motifs (C(OH)–C–C–N with tert-alkyl or cyclic N) is 1. The largest absolute Gasteiger partial charge is 0.391 e. The summed E-state index contributed by atoms with van der Waals surface area (Å²) in [6, 6.07) is 1.43. The van der Waals surface area contributed by atoms with Crippen LogP contribution in [0.3, 0.4) is 0 Å². The molecule has 1 N–H and O–H groups in total. The van der Waals surface area contributed by atoms with Gasteiger partial charge in [-0.25, -0.2) is 8.78 Å². The molecule has 0 radical (unpaired) electrons. The number of aliphatic hydroxyl groups is 1. The lowest BCUT2D eigenvalue weighted by atomic mass is 10.1. The lowest BCUT2D eigenvalue weighted by Crippen LogP contribution is -2.38. The summed E-state index contributed by atoms with van der Waals surface area (Å²) in [7, 11) is 0. The molecule has 0 aliphatic carbocycles. The Morgan fingerprint density at radius 3 is 1.89 bits per heavy atom. The van der Waals surface area contributed by atoms with Gasteiger partial charge in [0.25, 0.3) is 11.8 Å². The van der Waals surface area contributed by atoms with E-state index in [1.165, 1.54) is 0 Å². The molecular weight excluding hydrogens is 256 g/mol. The monoisotopic (exact) mass is 269 g/mol. The fourth-order valence-electron chi connectivity index (χ4n) is 1.85. The summed E-state index contributed by atoms with van der Waals surface area (Å²) in [5.41, 5.74) is -0.334. The highest BCUT2D eigenvalue weighted by molar-refractivity contribution is 6.21. The summed E-state index contributed by atoms with van der Waals surface area (Å²) in [5.74, 6) is -3.91. The van der Waals surface area contributed by atoms with Crippen molar-refractivity contribution in [3.05, 3.63) is 34.9 Å². The van der Waals surface area contributed by atoms with E-state index in [1.54, 1.807) is 13.8 Å². The normalized spacial score (nSPS) is 16.2. The first-order valence-electron chi connectivity index (χ1n) is 5.86. The Morgan fingerprint density at radius 2 is 1.53 bits per heavy atom. The molecule has 1 unspecified atom stereocenters. The maximum atomic E-state index is 13.1. The molecule has 1 aromatic rings. The van der Waals surface area contributed by atoms with Gasteiger partial charge in [0.15, 0.2) is 11.6 Å². The highest BCUT2D eigenvalue weighted by Crippen LogP contribution is 2.25. The molecule has 0 spiro atoms. The van der Waals surface area contributed by atoms with Crippen molar-refractivity contribution in [1.29, 1.82) is 0 Å². The molecule has 0 saturated heterocycles. The maximum Gasteiger partial charge on any atom is 0.261 e. The van der Waals surface area contributed by atoms with E-state index in [2.05, 4.69) is 0 Å². The number of halogens is 2. The van der Waals surface area contributed by atoms with E-state index in [0.29, 0.717) is 12.1 Å². The molecule has 102 valence electrons. The summed E-state index contributed by atoms with van der Waals surface area (Å²) >= 11 is 0. The zero-order chi connectivity index (χ0) is 14.3. The molecule has 0 saturated carbocycles. The summed E-state index contributed by atoms with van der Waals surface area (Å²) in [4.78, 5) is 24.7. The Hall–Kier alpha value is -1.82. The Kier molecular flexibility index (Phi) is 3.36. The van der Waals surface area contributed by atoms with Gasteiger partial charge in [0.05, 0.1) is 23.8 Å². The Bertz CT molecular complexity index is 516. The summed E-state index contributed by atoms with van der Waals surface area (Å²) < 4.78 is 26.2. The molecule has 19 heavy (non-hydrogen) atoms. The molecule has 2 rings (SSSR count). The van der Waals surface area contributed by atoms with E-state index in [0.717, 1.165) is 4.90 Å². The van der Waals surface area contributed by atoms with Crippen molar-refractivity contribution in [2.24, 2.45) is 5.92 Å². The van der Waals surface area contributed by atoms with E-state index >= 15 is 0 Å². The van der Waals surface area contributed by atoms with Crippen LogP contribution in [-0.2, 0) is 0 Å². The number of amides is 2. The number of aliphatic hydroxyl groups excluding tert-OH is 1. The zero-order valence-electron chi connectivity index (χ0n) is 10.5. The average Bonchev–Trinajstić information content (AvgIpc) is 2.55. The molecule has 1 aliphatic heterocycles. The Morgan fingerprint density at radius 1 is 1.11 bits per heavy atom. The molecule has 0 aromatic heterocycles. The first-order valence-corrected chi connectivity index (χ1v) is 5.86. The van der Waals surface area contributed by atoms with Crippen molar-refractivity contribution in [2.75, 3.05) is 6.54 Å². The smallest absolute Gasteiger partial charge is 0.261 e. The van der Waals surface area contributed by atoms with Gasteiger partial charge in [0, 0.05) is 0 Å². The number of carbonyl (C=O) groups excluding carboxylic acids is 2. The van der Waals surface area contributed by atoms with Crippen LogP contribution < -0.4 is 0 Å². The third-order valence-corrected chi connectivity index (χ3v) is 3.15. The molecule has 0 bridgehead atoms. The third-order valence-electron chi connectivity index (χ3n) is 3.15. The number of rotatable bonds is 3. The first kappa shape index (κ1) is 13.6. The van der Waals surface area contributed by atoms with E-state index in [4.69, 9.17) is 0 Å². The molecule has 1 aromatic carbocycles. The number of imide groups is 1. The van der Waals surface area contributed by atoms with Crippen LogP contribution in [0, 0.1) is 17.6 Å². The van der Waals surface area contributed by atoms with Crippen LogP contribution in [0.1, 0.15) is 34.6 Å². The van der Waals surface area contributed by atoms with Crippen molar-refractivity contribution in [2.45, 2.75) is 20.0 Å². The molecule has 6 heteroatoms. The third kappa shape index (κ3) is 2.23. The highest BCUT2D eigenvalue weighted by atomic mass is 19.2. The van der Waals surface area contributed by atoms with Gasteiger partial charge in [0.1, 0.15) is 0 Å². The molecule has 4 nitrogen and oxygen atoms in total. The van der Waals surface area contributed by atoms with Crippen molar-refractivity contribution in [3.8, 4) is 0 Å². The fraction of sp³-hybridized carbons (Fsp3) is 0.385. The summed E-state index contributed by atoms with van der Waals surface area (Å²) in [5, 5.41) is 9.72. The lowest BCUT2D eigenvalue weighted by molar-refractivity contribution is 0.0471. The predicted molar refractivity (Wildman–Crippen MR) is 62.6 cm³/mol. The van der Waals surface area contributed by atoms with Crippen molar-refractivity contribution >= 4 is 11.8 Å². The van der Waals surface area contributed by atoms with E-state index in [9.17, 15) is 23.5 Å². The van der Waals surface area contributed by atoms with Gasteiger partial charge in [-0.05, 0) is 18.1 Å². The molecule has 1 aliphatic rings. The van der Waals surface area contributed by atoms with Crippen LogP contribution in [0.5, 0.6) is 0 Å². The maximum absolute atomic E-state index is 13.1. The topological polar surface area (TPSA) is 57.6 Å². The van der Waals surface area contributed by atoms with Crippen LogP contribution in [0.4, 0.5) is 8.78 Å². The predicted octanol–water partition coefficient (Wildman–Crippen LogP) is 1.58. The molecule has 1 heterocycles. The van der Waals surface area contributed by atoms with Gasteiger partial charge in [-0.3, -0.25) is 14.5 Å². The van der Waals surface area contributed by atoms with Crippen LogP contribution in [0.2, 0.25) is 0 Å². The molecule has 0 fully saturated rings. The average molecular weight is 269 g/mol. The number of carbonyl (C=O) groups is 2. The second kappa shape index (κ2) is 4.70. The summed E-state index contributed by atoms with van der Waals surface area (Å²) in [6.07, 6.45) is -0.878. The van der Waals surface area contributed by atoms with Crippen LogP contribution in [0.25, 0.3) is 0 Å². The lowest BCUT2D eigenvalue weighted by Gasteiger charge is -2.20. The Balaban J connectivity index is 2.34. The number of hydrogen-bond donors (Lipinski definition) is 1. The van der Waals surface area contributed by atoms with Gasteiger partial charge in [-0.15, -0.1) is 0 Å². The highest BCUT2D eigenvalue weighted by Gasteiger charge is 2.38. The minimum absolute atomic E-state index is 0.141. The van der Waals surface area contributed by atoms with Crippen LogP contribution >= 0.6 is 0 Å². The number of nitrogens with zero attached hydrogens (tertiary/aromatic N) is 1. The fourth-order valence-corrected chi connectivity index (χ4v) is 1.85. The number of benzene rings is 1. The van der Waals surface area contributed by atoms with Gasteiger partial charge in [-0.2, -0.15) is 0 Å². The van der Waals surface area contributed by atoms with Crippen molar-refractivity contribution in [3.63, 3.8) is 0 Å². The van der Waals surface area contributed by atoms with Crippen LogP contribution in [-0.4, -0.2) is 34.5 Å². The number of hydrogen-bond acceptors (Lipinski definition) is 3. The van der Waals surface area contributed by atoms with Gasteiger partial charge >= 0.3 is 0 Å². The Labute approximate surface area is 108 Å². The van der Waals surface area contributed by atoms with E-state index < -0.39 is 29.6 Å². The SMILES string of the molecule is CC(C)C(O)CN1C(=O)c2cc(F)c(F)cc2C1=O. The first-order chi connectivity index (χ1) is 8.82. The second-order valence-electron chi connectivity index (χ2n) is 4.84. The van der Waals surface area contributed by atoms with Gasteiger partial charge < -0.3 is 5.11 Å². The molecular formula is C13H13F2NO3. The van der Waals surface area contributed by atoms with Gasteiger partial charge in [-0.1, -0.05) is 13.8 Å². The quantitative estimate of drug-likeness (QED) is 0.847. The minimum Gasteiger partial charge on any atom is -0.391 e. The minimum atomic E-state index is -1.17. The van der Waals surface area contributed by atoms with E-state index in [-0.39, 0.29) is 23.6 Å². The second-order valence-corrected chi connectivity index (χ2v) is 4.84. The van der Waals surface area contributed by atoms with E-state index in [1.807, 2.05) is 0 Å². The van der Waals surface area contributed by atoms with Gasteiger partial charge in [0.2, 0.25) is 0 Å². The summed E-state index contributed by atoms with van der Waals surface area (Å²) in [6.45, 7) is 3.29. The van der Waals surface area contributed by atoms with Crippen molar-refractivity contribution in [1.82, 2.24) is 4.90 Å². The number of fused-ring (bicyclic) bond motifs is 1. The van der Waals surface area contributed by atoms with Crippen LogP contribution in [0.15, 0.2) is 12.1 Å². The van der Waals surface area contributed by atoms with Crippen molar-refractivity contribution < 1.29 is 23.5 Å². The zero-order valence-corrected chi connectivity index (χ0v) is 10.5.